The maximum absolute atomic E-state index is 13.3. The lowest BCUT2D eigenvalue weighted by molar-refractivity contribution is -0.139. The van der Waals surface area contributed by atoms with Crippen LogP contribution in [-0.4, -0.2) is 27.3 Å². The Morgan fingerprint density at radius 2 is 2.07 bits per heavy atom. The van der Waals surface area contributed by atoms with Gasteiger partial charge in [-0.2, -0.15) is 13.2 Å². The standard InChI is InChI=1S/C18H10F3N3O3S2/c1-26-16-12(18(19,20)21)3-8(6-23-16)11-7-22-5-9-2-10(27-14(9)11)4-13-15(25)24-17(28)29-13/h2-7H,1H3,(H,24,25,28)/b13-4-. The van der Waals surface area contributed by atoms with Gasteiger partial charge < -0.3 is 14.5 Å². The average molecular weight is 437 g/mol. The predicted octanol–water partition coefficient (Wildman–Crippen LogP) is 4.41. The van der Waals surface area contributed by atoms with Crippen molar-refractivity contribution in [2.45, 2.75) is 6.18 Å². The van der Waals surface area contributed by atoms with Crippen molar-refractivity contribution in [2.24, 2.45) is 0 Å². The van der Waals surface area contributed by atoms with Crippen molar-refractivity contribution in [1.82, 2.24) is 15.3 Å². The van der Waals surface area contributed by atoms with Crippen LogP contribution in [-0.2, 0) is 11.0 Å². The number of fused-ring (bicyclic) bond motifs is 1. The van der Waals surface area contributed by atoms with Gasteiger partial charge in [-0.25, -0.2) is 4.98 Å². The molecule has 148 valence electrons. The van der Waals surface area contributed by atoms with Crippen LogP contribution in [0.15, 0.2) is 40.0 Å². The molecule has 0 aliphatic carbocycles. The Hall–Kier alpha value is -2.92. The van der Waals surface area contributed by atoms with E-state index in [4.69, 9.17) is 21.4 Å². The molecular formula is C18H10F3N3O3S2. The molecule has 11 heteroatoms. The molecule has 6 nitrogen and oxygen atoms in total. The predicted molar refractivity (Wildman–Crippen MR) is 105 cm³/mol. The third kappa shape index (κ3) is 3.70. The second-order valence-electron chi connectivity index (χ2n) is 5.89. The number of pyridine rings is 2. The molecule has 29 heavy (non-hydrogen) atoms. The van der Waals surface area contributed by atoms with Crippen molar-refractivity contribution in [1.29, 1.82) is 0 Å². The zero-order valence-corrected chi connectivity index (χ0v) is 16.2. The molecule has 1 amide bonds. The Bertz CT molecular complexity index is 1190. The van der Waals surface area contributed by atoms with Gasteiger partial charge in [0.15, 0.2) is 0 Å². The molecule has 0 radical (unpaired) electrons. The molecular weight excluding hydrogens is 427 g/mol. The molecule has 4 heterocycles. The Labute approximate surface area is 171 Å². The fourth-order valence-electron chi connectivity index (χ4n) is 2.77. The van der Waals surface area contributed by atoms with Gasteiger partial charge >= 0.3 is 6.18 Å². The summed E-state index contributed by atoms with van der Waals surface area (Å²) in [5.41, 5.74) is -0.195. The van der Waals surface area contributed by atoms with Crippen LogP contribution in [0.5, 0.6) is 5.88 Å². The number of amides is 1. The number of rotatable bonds is 3. The van der Waals surface area contributed by atoms with E-state index in [1.807, 2.05) is 0 Å². The number of nitrogens with zero attached hydrogens (tertiary/aromatic N) is 2. The van der Waals surface area contributed by atoms with Gasteiger partial charge in [0.2, 0.25) is 5.88 Å². The van der Waals surface area contributed by atoms with Crippen molar-refractivity contribution in [2.75, 3.05) is 7.11 Å². The minimum atomic E-state index is -4.64. The summed E-state index contributed by atoms with van der Waals surface area (Å²) in [5.74, 6) is -0.520. The molecule has 1 saturated heterocycles. The van der Waals surface area contributed by atoms with E-state index in [-0.39, 0.29) is 11.5 Å². The molecule has 1 aliphatic heterocycles. The van der Waals surface area contributed by atoms with Crippen LogP contribution in [0.25, 0.3) is 28.2 Å². The summed E-state index contributed by atoms with van der Waals surface area (Å²) in [6, 6.07) is 2.57. The molecule has 1 N–H and O–H groups in total. The van der Waals surface area contributed by atoms with Crippen LogP contribution >= 0.6 is 24.0 Å². The van der Waals surface area contributed by atoms with Crippen LogP contribution in [0, 0.1) is 0 Å². The smallest absolute Gasteiger partial charge is 0.421 e. The number of carbonyl (C=O) groups is 1. The number of ether oxygens (including phenoxy) is 1. The summed E-state index contributed by atoms with van der Waals surface area (Å²) in [6.07, 6.45) is 1.03. The van der Waals surface area contributed by atoms with E-state index in [1.165, 1.54) is 24.7 Å². The lowest BCUT2D eigenvalue weighted by Gasteiger charge is -2.12. The Morgan fingerprint density at radius 1 is 1.28 bits per heavy atom. The maximum Gasteiger partial charge on any atom is 0.421 e. The lowest BCUT2D eigenvalue weighted by Crippen LogP contribution is -2.17. The molecule has 3 aromatic heterocycles. The highest BCUT2D eigenvalue weighted by Crippen LogP contribution is 2.39. The van der Waals surface area contributed by atoms with Crippen molar-refractivity contribution in [3.05, 3.63) is 47.0 Å². The number of hydrogen-bond acceptors (Lipinski definition) is 7. The van der Waals surface area contributed by atoms with E-state index in [9.17, 15) is 18.0 Å². The molecule has 0 aromatic carbocycles. The molecule has 4 rings (SSSR count). The topological polar surface area (TPSA) is 77.3 Å². The van der Waals surface area contributed by atoms with E-state index in [0.29, 0.717) is 31.5 Å². The Balaban J connectivity index is 1.82. The lowest BCUT2D eigenvalue weighted by atomic mass is 10.1. The van der Waals surface area contributed by atoms with Gasteiger partial charge in [0.1, 0.15) is 21.2 Å². The summed E-state index contributed by atoms with van der Waals surface area (Å²) in [7, 11) is 1.12. The highest BCUT2D eigenvalue weighted by Gasteiger charge is 2.36. The first-order valence-corrected chi connectivity index (χ1v) is 9.23. The molecule has 0 saturated carbocycles. The van der Waals surface area contributed by atoms with E-state index in [1.54, 1.807) is 6.07 Å². The molecule has 3 aromatic rings. The molecule has 0 atom stereocenters. The second-order valence-corrected chi connectivity index (χ2v) is 7.60. The third-order valence-electron chi connectivity index (χ3n) is 4.02. The molecule has 0 unspecified atom stereocenters. The number of thioether (sulfide) groups is 1. The SMILES string of the molecule is COc1ncc(-c2cncc3cc(/C=C4\SC(=S)NC4=O)oc23)cc1C(F)(F)F. The highest BCUT2D eigenvalue weighted by molar-refractivity contribution is 8.26. The zero-order valence-electron chi connectivity index (χ0n) is 14.5. The summed E-state index contributed by atoms with van der Waals surface area (Å²) in [4.78, 5) is 20.0. The Morgan fingerprint density at radius 3 is 2.72 bits per heavy atom. The van der Waals surface area contributed by atoms with Crippen molar-refractivity contribution >= 4 is 51.3 Å². The van der Waals surface area contributed by atoms with Gasteiger partial charge in [-0.05, 0) is 12.1 Å². The normalized spacial score (nSPS) is 15.9. The number of thiocarbonyl (C=S) groups is 1. The number of aromatic nitrogens is 2. The number of hydrogen-bond donors (Lipinski definition) is 1. The number of halogens is 3. The van der Waals surface area contributed by atoms with Crippen molar-refractivity contribution < 1.29 is 27.1 Å². The third-order valence-corrected chi connectivity index (χ3v) is 5.18. The minimum Gasteiger partial charge on any atom is -0.481 e. The van der Waals surface area contributed by atoms with E-state index >= 15 is 0 Å². The van der Waals surface area contributed by atoms with E-state index in [0.717, 1.165) is 24.9 Å². The van der Waals surface area contributed by atoms with Crippen LogP contribution in [0.3, 0.4) is 0 Å². The monoisotopic (exact) mass is 437 g/mol. The van der Waals surface area contributed by atoms with Gasteiger partial charge in [0.25, 0.3) is 5.91 Å². The van der Waals surface area contributed by atoms with Crippen LogP contribution in [0.2, 0.25) is 0 Å². The Kier molecular flexibility index (Phi) is 4.79. The van der Waals surface area contributed by atoms with Crippen LogP contribution in [0.4, 0.5) is 13.2 Å². The quantitative estimate of drug-likeness (QED) is 0.481. The number of furan rings is 1. The first kappa shape index (κ1) is 19.4. The van der Waals surface area contributed by atoms with Gasteiger partial charge in [0, 0.05) is 41.2 Å². The van der Waals surface area contributed by atoms with Gasteiger partial charge in [-0.1, -0.05) is 24.0 Å². The zero-order chi connectivity index (χ0) is 20.8. The molecule has 0 spiro atoms. The first-order valence-electron chi connectivity index (χ1n) is 8.00. The molecule has 0 bridgehead atoms. The van der Waals surface area contributed by atoms with Crippen molar-refractivity contribution in [3.63, 3.8) is 0 Å². The number of alkyl halides is 3. The highest BCUT2D eigenvalue weighted by atomic mass is 32.2. The number of carbonyl (C=O) groups excluding carboxylic acids is 1. The summed E-state index contributed by atoms with van der Waals surface area (Å²) < 4.78 is 50.8. The first-order chi connectivity index (χ1) is 13.8. The summed E-state index contributed by atoms with van der Waals surface area (Å²) >= 11 is 6.04. The van der Waals surface area contributed by atoms with Crippen molar-refractivity contribution in [3.8, 4) is 17.0 Å². The fraction of sp³-hybridized carbons (Fsp3) is 0.111. The summed E-state index contributed by atoms with van der Waals surface area (Å²) in [6.45, 7) is 0. The van der Waals surface area contributed by atoms with Gasteiger partial charge in [0.05, 0.1) is 12.0 Å². The minimum absolute atomic E-state index is 0.166. The molecule has 1 aliphatic rings. The van der Waals surface area contributed by atoms with Gasteiger partial charge in [-0.3, -0.25) is 9.78 Å². The van der Waals surface area contributed by atoms with E-state index < -0.39 is 17.6 Å². The summed E-state index contributed by atoms with van der Waals surface area (Å²) in [5, 5.41) is 3.06. The molecule has 1 fully saturated rings. The van der Waals surface area contributed by atoms with E-state index in [2.05, 4.69) is 15.3 Å². The average Bonchev–Trinajstić information content (AvgIpc) is 3.22. The van der Waals surface area contributed by atoms with Crippen LogP contribution in [0.1, 0.15) is 11.3 Å². The number of methoxy groups -OCH3 is 1. The second kappa shape index (κ2) is 7.16. The van der Waals surface area contributed by atoms with Gasteiger partial charge in [-0.15, -0.1) is 0 Å². The largest absolute Gasteiger partial charge is 0.481 e. The van der Waals surface area contributed by atoms with Crippen LogP contribution < -0.4 is 10.1 Å². The number of nitrogens with one attached hydrogen (secondary N) is 1. The maximum atomic E-state index is 13.3. The fourth-order valence-corrected chi connectivity index (χ4v) is 3.80.